The van der Waals surface area contributed by atoms with Gasteiger partial charge in [0.2, 0.25) is 0 Å². The average molecular weight is 512 g/mol. The van der Waals surface area contributed by atoms with E-state index in [1.54, 1.807) is 42.5 Å². The fourth-order valence-electron chi connectivity index (χ4n) is 3.11. The standard InChI is InChI=1S/C24H16BrClN2O4/c25-19-6-2-1-5-16(19)14-32-17-11-9-15(10-12-17)13-18-22(29)27-24(31)28(23(18)30)21-8-4-3-7-20(21)26/h1-13H,14H2,(H,27,29,31)/b18-13+. The molecule has 0 saturated carbocycles. The maximum absolute atomic E-state index is 12.9. The molecule has 1 fully saturated rings. The molecule has 4 amide bonds. The third-order valence-electron chi connectivity index (χ3n) is 4.74. The smallest absolute Gasteiger partial charge is 0.335 e. The minimum Gasteiger partial charge on any atom is -0.489 e. The van der Waals surface area contributed by atoms with Gasteiger partial charge in [-0.25, -0.2) is 9.69 Å². The van der Waals surface area contributed by atoms with E-state index in [9.17, 15) is 14.4 Å². The van der Waals surface area contributed by atoms with Crippen molar-refractivity contribution in [3.8, 4) is 5.75 Å². The van der Waals surface area contributed by atoms with Gasteiger partial charge in [0.1, 0.15) is 17.9 Å². The molecule has 0 spiro atoms. The van der Waals surface area contributed by atoms with Gasteiger partial charge in [-0.1, -0.05) is 70.0 Å². The summed E-state index contributed by atoms with van der Waals surface area (Å²) >= 11 is 9.62. The van der Waals surface area contributed by atoms with Crippen LogP contribution >= 0.6 is 27.5 Å². The van der Waals surface area contributed by atoms with Gasteiger partial charge >= 0.3 is 6.03 Å². The van der Waals surface area contributed by atoms with Gasteiger partial charge in [0.15, 0.2) is 0 Å². The third kappa shape index (κ3) is 4.59. The fourth-order valence-corrected chi connectivity index (χ4v) is 3.73. The Morgan fingerprint density at radius 2 is 1.62 bits per heavy atom. The van der Waals surface area contributed by atoms with Crippen LogP contribution in [0.4, 0.5) is 10.5 Å². The molecule has 0 aliphatic carbocycles. The second kappa shape index (κ2) is 9.38. The van der Waals surface area contributed by atoms with E-state index in [2.05, 4.69) is 21.2 Å². The largest absolute Gasteiger partial charge is 0.489 e. The van der Waals surface area contributed by atoms with Crippen LogP contribution in [-0.2, 0) is 16.2 Å². The molecule has 0 radical (unpaired) electrons. The topological polar surface area (TPSA) is 75.7 Å². The molecule has 4 rings (SSSR count). The molecule has 3 aromatic carbocycles. The summed E-state index contributed by atoms with van der Waals surface area (Å²) in [6.45, 7) is 0.387. The molecule has 1 saturated heterocycles. The van der Waals surface area contributed by atoms with Gasteiger partial charge in [0.05, 0.1) is 10.7 Å². The second-order valence-corrected chi connectivity index (χ2v) is 8.12. The van der Waals surface area contributed by atoms with Gasteiger partial charge in [0, 0.05) is 10.0 Å². The molecule has 0 bridgehead atoms. The van der Waals surface area contributed by atoms with Gasteiger partial charge in [-0.05, 0) is 42.0 Å². The average Bonchev–Trinajstić information content (AvgIpc) is 2.78. The van der Waals surface area contributed by atoms with Gasteiger partial charge in [0.25, 0.3) is 11.8 Å². The third-order valence-corrected chi connectivity index (χ3v) is 5.83. The van der Waals surface area contributed by atoms with Crippen molar-refractivity contribution < 1.29 is 19.1 Å². The van der Waals surface area contributed by atoms with Crippen LogP contribution in [0.25, 0.3) is 6.08 Å². The number of barbiturate groups is 1. The second-order valence-electron chi connectivity index (χ2n) is 6.86. The zero-order valence-electron chi connectivity index (χ0n) is 16.5. The predicted octanol–water partition coefficient (Wildman–Crippen LogP) is 5.35. The van der Waals surface area contributed by atoms with Crippen molar-refractivity contribution in [2.45, 2.75) is 6.61 Å². The number of hydrogen-bond acceptors (Lipinski definition) is 4. The van der Waals surface area contributed by atoms with Crippen LogP contribution in [0.5, 0.6) is 5.75 Å². The summed E-state index contributed by atoms with van der Waals surface area (Å²) in [5.74, 6) is -0.881. The van der Waals surface area contributed by atoms with Crippen LogP contribution in [-0.4, -0.2) is 17.8 Å². The van der Waals surface area contributed by atoms with E-state index in [4.69, 9.17) is 16.3 Å². The number of rotatable bonds is 5. The highest BCUT2D eigenvalue weighted by atomic mass is 79.9. The number of carbonyl (C=O) groups is 3. The number of amides is 4. The van der Waals surface area contributed by atoms with Crippen molar-refractivity contribution in [1.82, 2.24) is 5.32 Å². The van der Waals surface area contributed by atoms with E-state index in [0.717, 1.165) is 14.9 Å². The lowest BCUT2D eigenvalue weighted by molar-refractivity contribution is -0.122. The van der Waals surface area contributed by atoms with Gasteiger partial charge < -0.3 is 4.74 Å². The lowest BCUT2D eigenvalue weighted by Crippen LogP contribution is -2.54. The summed E-state index contributed by atoms with van der Waals surface area (Å²) in [6, 6.07) is 20.3. The Labute approximate surface area is 197 Å². The first-order valence-corrected chi connectivity index (χ1v) is 10.7. The quantitative estimate of drug-likeness (QED) is 0.370. The number of imide groups is 2. The van der Waals surface area contributed by atoms with E-state index >= 15 is 0 Å². The Morgan fingerprint density at radius 1 is 0.938 bits per heavy atom. The Kier molecular flexibility index (Phi) is 6.39. The summed E-state index contributed by atoms with van der Waals surface area (Å²) < 4.78 is 6.76. The molecule has 32 heavy (non-hydrogen) atoms. The minimum absolute atomic E-state index is 0.175. The maximum Gasteiger partial charge on any atom is 0.335 e. The molecule has 8 heteroatoms. The number of urea groups is 1. The fraction of sp³-hybridized carbons (Fsp3) is 0.0417. The molecule has 1 heterocycles. The van der Waals surface area contributed by atoms with E-state index in [1.807, 2.05) is 24.3 Å². The summed E-state index contributed by atoms with van der Waals surface area (Å²) in [7, 11) is 0. The van der Waals surface area contributed by atoms with Crippen LogP contribution in [0, 0.1) is 0 Å². The van der Waals surface area contributed by atoms with E-state index in [0.29, 0.717) is 17.9 Å². The number of hydrogen-bond donors (Lipinski definition) is 1. The normalized spacial score (nSPS) is 15.1. The predicted molar refractivity (Wildman–Crippen MR) is 125 cm³/mol. The highest BCUT2D eigenvalue weighted by Crippen LogP contribution is 2.29. The summed E-state index contributed by atoms with van der Waals surface area (Å²) in [5.41, 5.74) is 1.63. The molecule has 6 nitrogen and oxygen atoms in total. The molecule has 0 aromatic heterocycles. The molecule has 0 atom stereocenters. The van der Waals surface area contributed by atoms with Gasteiger partial charge in [-0.15, -0.1) is 0 Å². The number of ether oxygens (including phenoxy) is 1. The number of para-hydroxylation sites is 1. The van der Waals surface area contributed by atoms with Crippen molar-refractivity contribution in [1.29, 1.82) is 0 Å². The van der Waals surface area contributed by atoms with Crippen molar-refractivity contribution >= 4 is 57.1 Å². The van der Waals surface area contributed by atoms with Crippen molar-refractivity contribution in [2.24, 2.45) is 0 Å². The molecule has 3 aromatic rings. The Morgan fingerprint density at radius 3 is 2.34 bits per heavy atom. The van der Waals surface area contributed by atoms with Crippen LogP contribution in [0.15, 0.2) is 82.8 Å². The lowest BCUT2D eigenvalue weighted by atomic mass is 10.1. The van der Waals surface area contributed by atoms with Crippen LogP contribution in [0.3, 0.4) is 0 Å². The first kappa shape index (κ1) is 21.8. The molecular weight excluding hydrogens is 496 g/mol. The summed E-state index contributed by atoms with van der Waals surface area (Å²) in [4.78, 5) is 38.4. The zero-order valence-corrected chi connectivity index (χ0v) is 18.9. The molecule has 1 aliphatic heterocycles. The highest BCUT2D eigenvalue weighted by Gasteiger charge is 2.37. The number of nitrogens with one attached hydrogen (secondary N) is 1. The number of anilines is 1. The molecule has 0 unspecified atom stereocenters. The van der Waals surface area contributed by atoms with Crippen molar-refractivity contribution in [3.05, 3.63) is 99.0 Å². The number of halogens is 2. The Bertz CT molecular complexity index is 1240. The lowest BCUT2D eigenvalue weighted by Gasteiger charge is -2.27. The van der Waals surface area contributed by atoms with Gasteiger partial charge in [-0.2, -0.15) is 0 Å². The maximum atomic E-state index is 12.9. The monoisotopic (exact) mass is 510 g/mol. The van der Waals surface area contributed by atoms with E-state index in [-0.39, 0.29) is 16.3 Å². The number of carbonyl (C=O) groups excluding carboxylic acids is 3. The Balaban J connectivity index is 1.54. The zero-order chi connectivity index (χ0) is 22.7. The SMILES string of the molecule is O=C1NC(=O)N(c2ccccc2Cl)C(=O)/C1=C/c1ccc(OCc2ccccc2Br)cc1. The van der Waals surface area contributed by atoms with Crippen LogP contribution < -0.4 is 15.0 Å². The van der Waals surface area contributed by atoms with E-state index in [1.165, 1.54) is 12.1 Å². The Hall–Kier alpha value is -3.42. The number of nitrogens with zero attached hydrogens (tertiary/aromatic N) is 1. The number of benzene rings is 3. The van der Waals surface area contributed by atoms with Crippen molar-refractivity contribution in [2.75, 3.05) is 4.90 Å². The first-order chi connectivity index (χ1) is 15.4. The molecule has 160 valence electrons. The van der Waals surface area contributed by atoms with Crippen LogP contribution in [0.1, 0.15) is 11.1 Å². The minimum atomic E-state index is -0.846. The summed E-state index contributed by atoms with van der Waals surface area (Å²) in [5, 5.41) is 2.40. The summed E-state index contributed by atoms with van der Waals surface area (Å²) in [6.07, 6.45) is 1.42. The molecule has 1 N–H and O–H groups in total. The highest BCUT2D eigenvalue weighted by molar-refractivity contribution is 9.10. The first-order valence-electron chi connectivity index (χ1n) is 9.56. The molecule has 1 aliphatic rings. The van der Waals surface area contributed by atoms with Crippen LogP contribution in [0.2, 0.25) is 5.02 Å². The molecular formula is C24H16BrClN2O4. The van der Waals surface area contributed by atoms with Crippen molar-refractivity contribution in [3.63, 3.8) is 0 Å². The van der Waals surface area contributed by atoms with Gasteiger partial charge in [-0.3, -0.25) is 14.9 Å². The van der Waals surface area contributed by atoms with E-state index < -0.39 is 17.8 Å².